The molecule has 0 radical (unpaired) electrons. The van der Waals surface area contributed by atoms with Gasteiger partial charge in [0.25, 0.3) is 0 Å². The molecule has 1 N–H and O–H groups in total. The maximum atomic E-state index is 12.3. The third-order valence-corrected chi connectivity index (χ3v) is 4.72. The number of aromatic nitrogens is 2. The third kappa shape index (κ3) is 4.18. The van der Waals surface area contributed by atoms with Crippen LogP contribution in [0.2, 0.25) is 5.28 Å². The molecule has 0 bridgehead atoms. The SMILES string of the molecule is C[C@H]1CN(C(=O)OC(C)(C)C)CCN1c1nc(Cl)nc2c1CN(C(=O)O)C2. The van der Waals surface area contributed by atoms with Crippen LogP contribution in [-0.2, 0) is 17.8 Å². The molecule has 0 aromatic carbocycles. The number of hydrogen-bond donors (Lipinski definition) is 1. The Labute approximate surface area is 162 Å². The molecular formula is C17H24ClN5O4. The average molecular weight is 398 g/mol. The second-order valence-electron chi connectivity index (χ2n) is 7.85. The molecule has 2 aliphatic heterocycles. The molecule has 0 unspecified atom stereocenters. The molecule has 0 saturated carbocycles. The van der Waals surface area contributed by atoms with Crippen molar-refractivity contribution in [3.8, 4) is 0 Å². The zero-order chi connectivity index (χ0) is 19.9. The van der Waals surface area contributed by atoms with Gasteiger partial charge in [-0.1, -0.05) is 0 Å². The number of anilines is 1. The number of carbonyl (C=O) groups excluding carboxylic acids is 1. The lowest BCUT2D eigenvalue weighted by Gasteiger charge is -2.41. The smallest absolute Gasteiger partial charge is 0.410 e. The fourth-order valence-electron chi connectivity index (χ4n) is 3.35. The Bertz CT molecular complexity index is 766. The molecule has 3 heterocycles. The molecule has 148 valence electrons. The standard InChI is InChI=1S/C17H24ClN5O4/c1-10-7-21(16(26)27-17(2,3)4)5-6-23(10)13-11-8-22(15(24)25)9-12(11)19-14(18)20-13/h10H,5-9H2,1-4H3,(H,24,25)/t10-/m0/s1. The number of rotatable bonds is 1. The average Bonchev–Trinajstić information content (AvgIpc) is 2.96. The number of ether oxygens (including phenoxy) is 1. The molecule has 1 fully saturated rings. The van der Waals surface area contributed by atoms with E-state index in [0.29, 0.717) is 31.1 Å². The van der Waals surface area contributed by atoms with Crippen molar-refractivity contribution in [2.24, 2.45) is 0 Å². The second-order valence-corrected chi connectivity index (χ2v) is 8.19. The van der Waals surface area contributed by atoms with Gasteiger partial charge in [0.2, 0.25) is 5.28 Å². The third-order valence-electron chi connectivity index (χ3n) is 4.56. The Morgan fingerprint density at radius 3 is 2.48 bits per heavy atom. The van der Waals surface area contributed by atoms with E-state index in [1.807, 2.05) is 27.7 Å². The number of halogens is 1. The van der Waals surface area contributed by atoms with Gasteiger partial charge in [-0.05, 0) is 39.3 Å². The number of hydrogen-bond acceptors (Lipinski definition) is 6. The van der Waals surface area contributed by atoms with Crippen LogP contribution in [0.1, 0.15) is 39.0 Å². The Morgan fingerprint density at radius 1 is 1.19 bits per heavy atom. The number of nitrogens with zero attached hydrogens (tertiary/aromatic N) is 5. The van der Waals surface area contributed by atoms with Gasteiger partial charge in [-0.2, -0.15) is 0 Å². The van der Waals surface area contributed by atoms with Crippen LogP contribution in [-0.4, -0.2) is 68.3 Å². The molecule has 0 spiro atoms. The predicted octanol–water partition coefficient (Wildman–Crippen LogP) is 2.57. The Balaban J connectivity index is 1.78. The summed E-state index contributed by atoms with van der Waals surface area (Å²) >= 11 is 6.08. The van der Waals surface area contributed by atoms with Crippen LogP contribution in [0, 0.1) is 0 Å². The second kappa shape index (κ2) is 7.03. The first kappa shape index (κ1) is 19.5. The van der Waals surface area contributed by atoms with Crippen LogP contribution < -0.4 is 4.90 Å². The van der Waals surface area contributed by atoms with E-state index in [-0.39, 0.29) is 30.5 Å². The molecule has 1 aromatic heterocycles. The van der Waals surface area contributed by atoms with Gasteiger partial charge >= 0.3 is 12.2 Å². The van der Waals surface area contributed by atoms with Crippen LogP contribution in [0.25, 0.3) is 0 Å². The fourth-order valence-corrected chi connectivity index (χ4v) is 3.53. The van der Waals surface area contributed by atoms with Crippen molar-refractivity contribution in [1.82, 2.24) is 19.8 Å². The van der Waals surface area contributed by atoms with Gasteiger partial charge in [-0.25, -0.2) is 19.6 Å². The summed E-state index contributed by atoms with van der Waals surface area (Å²) in [7, 11) is 0. The van der Waals surface area contributed by atoms with Crippen molar-refractivity contribution < 1.29 is 19.4 Å². The minimum absolute atomic E-state index is 0.0276. The molecular weight excluding hydrogens is 374 g/mol. The van der Waals surface area contributed by atoms with E-state index in [0.717, 1.165) is 5.56 Å². The van der Waals surface area contributed by atoms with Crippen molar-refractivity contribution in [1.29, 1.82) is 0 Å². The minimum atomic E-state index is -1.00. The first-order valence-corrected chi connectivity index (χ1v) is 9.20. The zero-order valence-electron chi connectivity index (χ0n) is 15.9. The molecule has 1 saturated heterocycles. The van der Waals surface area contributed by atoms with Crippen LogP contribution in [0.3, 0.4) is 0 Å². The number of amides is 2. The summed E-state index contributed by atoms with van der Waals surface area (Å²) in [5.41, 5.74) is 0.868. The first-order chi connectivity index (χ1) is 12.5. The van der Waals surface area contributed by atoms with Crippen LogP contribution in [0.4, 0.5) is 15.4 Å². The quantitative estimate of drug-likeness (QED) is 0.727. The highest BCUT2D eigenvalue weighted by atomic mass is 35.5. The highest BCUT2D eigenvalue weighted by Gasteiger charge is 2.35. The maximum absolute atomic E-state index is 12.3. The monoisotopic (exact) mass is 397 g/mol. The van der Waals surface area contributed by atoms with E-state index in [9.17, 15) is 14.7 Å². The summed E-state index contributed by atoms with van der Waals surface area (Å²) in [6, 6.07) is -0.0276. The molecule has 0 aliphatic carbocycles. The van der Waals surface area contributed by atoms with E-state index in [4.69, 9.17) is 16.3 Å². The van der Waals surface area contributed by atoms with Crippen molar-refractivity contribution in [3.05, 3.63) is 16.5 Å². The van der Waals surface area contributed by atoms with Gasteiger partial charge in [0.05, 0.1) is 18.8 Å². The molecule has 9 nitrogen and oxygen atoms in total. The Kier molecular flexibility index (Phi) is 5.07. The first-order valence-electron chi connectivity index (χ1n) is 8.83. The van der Waals surface area contributed by atoms with Gasteiger partial charge in [0.1, 0.15) is 11.4 Å². The molecule has 27 heavy (non-hydrogen) atoms. The number of carbonyl (C=O) groups is 2. The van der Waals surface area contributed by atoms with E-state index in [1.165, 1.54) is 4.90 Å². The number of carboxylic acid groups (broad SMARTS) is 1. The van der Waals surface area contributed by atoms with Crippen LogP contribution >= 0.6 is 11.6 Å². The summed E-state index contributed by atoms with van der Waals surface area (Å²) in [6.07, 6.45) is -1.34. The summed E-state index contributed by atoms with van der Waals surface area (Å²) in [6.45, 7) is 9.45. The van der Waals surface area contributed by atoms with Gasteiger partial charge in [-0.15, -0.1) is 0 Å². The maximum Gasteiger partial charge on any atom is 0.410 e. The van der Waals surface area contributed by atoms with E-state index in [2.05, 4.69) is 14.9 Å². The van der Waals surface area contributed by atoms with Crippen molar-refractivity contribution in [3.63, 3.8) is 0 Å². The summed E-state index contributed by atoms with van der Waals surface area (Å²) in [4.78, 5) is 37.2. The topological polar surface area (TPSA) is 99.1 Å². The van der Waals surface area contributed by atoms with Crippen molar-refractivity contribution >= 4 is 29.6 Å². The number of fused-ring (bicyclic) bond motifs is 1. The largest absolute Gasteiger partial charge is 0.465 e. The predicted molar refractivity (Wildman–Crippen MR) is 98.9 cm³/mol. The highest BCUT2D eigenvalue weighted by molar-refractivity contribution is 6.28. The normalized spacial score (nSPS) is 19.9. The van der Waals surface area contributed by atoms with Gasteiger partial charge in [0, 0.05) is 31.2 Å². The lowest BCUT2D eigenvalue weighted by Crippen LogP contribution is -2.55. The van der Waals surface area contributed by atoms with Crippen molar-refractivity contribution in [2.45, 2.75) is 52.4 Å². The van der Waals surface area contributed by atoms with E-state index in [1.54, 1.807) is 4.90 Å². The Hall–Kier alpha value is -2.29. The molecule has 3 rings (SSSR count). The molecule has 10 heteroatoms. The van der Waals surface area contributed by atoms with E-state index < -0.39 is 11.7 Å². The fraction of sp³-hybridized carbons (Fsp3) is 0.647. The lowest BCUT2D eigenvalue weighted by atomic mass is 10.1. The highest BCUT2D eigenvalue weighted by Crippen LogP contribution is 2.32. The zero-order valence-corrected chi connectivity index (χ0v) is 16.7. The number of piperazine rings is 1. The van der Waals surface area contributed by atoms with Crippen molar-refractivity contribution in [2.75, 3.05) is 24.5 Å². The van der Waals surface area contributed by atoms with Crippen LogP contribution in [0.15, 0.2) is 0 Å². The summed E-state index contributed by atoms with van der Waals surface area (Å²) < 4.78 is 5.45. The molecule has 1 aromatic rings. The lowest BCUT2D eigenvalue weighted by molar-refractivity contribution is 0.0218. The summed E-state index contributed by atoms with van der Waals surface area (Å²) in [5.74, 6) is 0.644. The van der Waals surface area contributed by atoms with E-state index >= 15 is 0 Å². The summed E-state index contributed by atoms with van der Waals surface area (Å²) in [5, 5.41) is 9.36. The van der Waals surface area contributed by atoms with Gasteiger partial charge in [0.15, 0.2) is 0 Å². The minimum Gasteiger partial charge on any atom is -0.465 e. The van der Waals surface area contributed by atoms with Gasteiger partial charge < -0.3 is 19.6 Å². The Morgan fingerprint density at radius 2 is 1.89 bits per heavy atom. The molecule has 2 amide bonds. The van der Waals surface area contributed by atoms with Gasteiger partial charge in [-0.3, -0.25) is 4.90 Å². The molecule has 2 aliphatic rings. The van der Waals surface area contributed by atoms with Crippen LogP contribution in [0.5, 0.6) is 0 Å². The molecule has 1 atom stereocenters.